The van der Waals surface area contributed by atoms with E-state index in [1.165, 1.54) is 17.0 Å². The Balaban J connectivity index is 1.77. The number of nitrogens with one attached hydrogen (secondary N) is 2. The molecule has 2 amide bonds. The molecule has 0 heterocycles. The number of anilines is 1. The van der Waals surface area contributed by atoms with Crippen LogP contribution in [0.4, 0.5) is 10.1 Å². The van der Waals surface area contributed by atoms with Crippen molar-refractivity contribution in [3.05, 3.63) is 65.5 Å². The number of halogens is 1. The number of nitrogens with zero attached hydrogens (tertiary/aromatic N) is 1. The highest BCUT2D eigenvalue weighted by Gasteiger charge is 2.08. The summed E-state index contributed by atoms with van der Waals surface area (Å²) in [5.41, 5.74) is 2.23. The lowest BCUT2D eigenvalue weighted by atomic mass is 10.1. The first-order chi connectivity index (χ1) is 12.0. The molecule has 0 saturated heterocycles. The Morgan fingerprint density at radius 1 is 1.08 bits per heavy atom. The van der Waals surface area contributed by atoms with Crippen molar-refractivity contribution < 1.29 is 14.0 Å². The molecular weight excluding hydrogens is 321 g/mol. The fourth-order valence-corrected chi connectivity index (χ4v) is 2.26. The Labute approximate surface area is 146 Å². The summed E-state index contributed by atoms with van der Waals surface area (Å²) in [6, 6.07) is 13.2. The molecule has 0 aromatic heterocycles. The molecule has 0 saturated carbocycles. The molecule has 0 aliphatic rings. The maximum Gasteiger partial charge on any atom is 0.253 e. The second kappa shape index (κ2) is 8.82. The Morgan fingerprint density at radius 2 is 1.80 bits per heavy atom. The molecule has 2 N–H and O–H groups in total. The Morgan fingerprint density at radius 3 is 2.48 bits per heavy atom. The van der Waals surface area contributed by atoms with Gasteiger partial charge in [0.15, 0.2) is 0 Å². The maximum absolute atomic E-state index is 12.8. The van der Waals surface area contributed by atoms with Crippen LogP contribution in [0.25, 0.3) is 0 Å². The van der Waals surface area contributed by atoms with Crippen molar-refractivity contribution >= 4 is 17.5 Å². The minimum absolute atomic E-state index is 0.0904. The predicted molar refractivity (Wildman–Crippen MR) is 96.1 cm³/mol. The molecule has 2 rings (SSSR count). The zero-order chi connectivity index (χ0) is 18.2. The van der Waals surface area contributed by atoms with E-state index in [-0.39, 0.29) is 24.2 Å². The van der Waals surface area contributed by atoms with Crippen molar-refractivity contribution in [3.8, 4) is 0 Å². The van der Waals surface area contributed by atoms with E-state index < -0.39 is 0 Å². The topological polar surface area (TPSA) is 61.4 Å². The van der Waals surface area contributed by atoms with Gasteiger partial charge in [-0.3, -0.25) is 9.59 Å². The Hall–Kier alpha value is -2.89. The third-order valence-corrected chi connectivity index (χ3v) is 3.62. The number of carbonyl (C=O) groups excluding carboxylic acids is 2. The lowest BCUT2D eigenvalue weighted by Gasteiger charge is -2.12. The standard InChI is InChI=1S/C19H22FN3O2/c1-23(2)19(25)15-4-3-5-17(12-15)22-13-18(24)21-11-10-14-6-8-16(20)9-7-14/h3-9,12,22H,10-11,13H2,1-2H3,(H,21,24). The highest BCUT2D eigenvalue weighted by atomic mass is 19.1. The van der Waals surface area contributed by atoms with Crippen molar-refractivity contribution in [2.45, 2.75) is 6.42 Å². The first-order valence-electron chi connectivity index (χ1n) is 8.02. The van der Waals surface area contributed by atoms with E-state index >= 15 is 0 Å². The molecule has 0 atom stereocenters. The van der Waals surface area contributed by atoms with Gasteiger partial charge in [-0.2, -0.15) is 0 Å². The second-order valence-corrected chi connectivity index (χ2v) is 5.86. The summed E-state index contributed by atoms with van der Waals surface area (Å²) >= 11 is 0. The van der Waals surface area contributed by atoms with Crippen LogP contribution in [0.1, 0.15) is 15.9 Å². The van der Waals surface area contributed by atoms with E-state index in [1.54, 1.807) is 50.5 Å². The lowest BCUT2D eigenvalue weighted by molar-refractivity contribution is -0.119. The minimum Gasteiger partial charge on any atom is -0.376 e. The van der Waals surface area contributed by atoms with Crippen LogP contribution in [-0.4, -0.2) is 43.9 Å². The first-order valence-corrected chi connectivity index (χ1v) is 8.02. The monoisotopic (exact) mass is 343 g/mol. The van der Waals surface area contributed by atoms with Crippen LogP contribution in [-0.2, 0) is 11.2 Å². The second-order valence-electron chi connectivity index (χ2n) is 5.86. The molecule has 132 valence electrons. The number of hydrogen-bond donors (Lipinski definition) is 2. The zero-order valence-electron chi connectivity index (χ0n) is 14.4. The summed E-state index contributed by atoms with van der Waals surface area (Å²) < 4.78 is 12.8. The zero-order valence-corrected chi connectivity index (χ0v) is 14.4. The number of benzene rings is 2. The van der Waals surface area contributed by atoms with Crippen LogP contribution in [0.15, 0.2) is 48.5 Å². The quantitative estimate of drug-likeness (QED) is 0.811. The van der Waals surface area contributed by atoms with Gasteiger partial charge < -0.3 is 15.5 Å². The van der Waals surface area contributed by atoms with Gasteiger partial charge in [0.1, 0.15) is 5.82 Å². The molecule has 0 fully saturated rings. The molecule has 0 aliphatic carbocycles. The summed E-state index contributed by atoms with van der Waals surface area (Å²) in [5, 5.41) is 5.80. The number of hydrogen-bond acceptors (Lipinski definition) is 3. The van der Waals surface area contributed by atoms with E-state index in [9.17, 15) is 14.0 Å². The van der Waals surface area contributed by atoms with Gasteiger partial charge in [0, 0.05) is 31.9 Å². The van der Waals surface area contributed by atoms with Crippen LogP contribution < -0.4 is 10.6 Å². The van der Waals surface area contributed by atoms with Crippen LogP contribution in [0, 0.1) is 5.82 Å². The van der Waals surface area contributed by atoms with Crippen LogP contribution in [0.3, 0.4) is 0 Å². The van der Waals surface area contributed by atoms with E-state index in [2.05, 4.69) is 10.6 Å². The van der Waals surface area contributed by atoms with Gasteiger partial charge >= 0.3 is 0 Å². The molecule has 0 aliphatic heterocycles. The van der Waals surface area contributed by atoms with E-state index in [1.807, 2.05) is 0 Å². The van der Waals surface area contributed by atoms with Crippen molar-refractivity contribution in [3.63, 3.8) is 0 Å². The Bertz CT molecular complexity index is 730. The van der Waals surface area contributed by atoms with E-state index in [0.29, 0.717) is 24.2 Å². The van der Waals surface area contributed by atoms with Gasteiger partial charge in [-0.15, -0.1) is 0 Å². The molecule has 5 nitrogen and oxygen atoms in total. The van der Waals surface area contributed by atoms with Crippen LogP contribution in [0.2, 0.25) is 0 Å². The highest BCUT2D eigenvalue weighted by Crippen LogP contribution is 2.11. The van der Waals surface area contributed by atoms with Crippen LogP contribution in [0.5, 0.6) is 0 Å². The van der Waals surface area contributed by atoms with E-state index in [4.69, 9.17) is 0 Å². The van der Waals surface area contributed by atoms with Crippen molar-refractivity contribution in [1.29, 1.82) is 0 Å². The summed E-state index contributed by atoms with van der Waals surface area (Å²) in [6.45, 7) is 0.592. The molecule has 6 heteroatoms. The van der Waals surface area contributed by atoms with Crippen molar-refractivity contribution in [2.75, 3.05) is 32.5 Å². The highest BCUT2D eigenvalue weighted by molar-refractivity contribution is 5.95. The average molecular weight is 343 g/mol. The summed E-state index contributed by atoms with van der Waals surface area (Å²) in [4.78, 5) is 25.3. The smallest absolute Gasteiger partial charge is 0.253 e. The van der Waals surface area contributed by atoms with Gasteiger partial charge in [0.25, 0.3) is 5.91 Å². The molecule has 0 radical (unpaired) electrons. The third kappa shape index (κ3) is 5.91. The Kier molecular flexibility index (Phi) is 6.51. The molecule has 0 unspecified atom stereocenters. The van der Waals surface area contributed by atoms with Crippen molar-refractivity contribution in [2.24, 2.45) is 0 Å². The van der Waals surface area contributed by atoms with E-state index in [0.717, 1.165) is 5.56 Å². The number of amides is 2. The fraction of sp³-hybridized carbons (Fsp3) is 0.263. The lowest BCUT2D eigenvalue weighted by Crippen LogP contribution is -2.31. The third-order valence-electron chi connectivity index (χ3n) is 3.62. The van der Waals surface area contributed by atoms with Gasteiger partial charge in [0.2, 0.25) is 5.91 Å². The molecule has 2 aromatic carbocycles. The molecule has 0 bridgehead atoms. The number of carbonyl (C=O) groups is 2. The first kappa shape index (κ1) is 18.4. The fourth-order valence-electron chi connectivity index (χ4n) is 2.26. The summed E-state index contributed by atoms with van der Waals surface area (Å²) in [5.74, 6) is -0.509. The average Bonchev–Trinajstić information content (AvgIpc) is 2.61. The predicted octanol–water partition coefficient (Wildman–Crippen LogP) is 2.30. The summed E-state index contributed by atoms with van der Waals surface area (Å²) in [6.07, 6.45) is 0.638. The molecule has 0 spiro atoms. The normalized spacial score (nSPS) is 10.2. The van der Waals surface area contributed by atoms with Gasteiger partial charge in [0.05, 0.1) is 6.54 Å². The van der Waals surface area contributed by atoms with Gasteiger partial charge in [-0.05, 0) is 42.3 Å². The van der Waals surface area contributed by atoms with Crippen molar-refractivity contribution in [1.82, 2.24) is 10.2 Å². The minimum atomic E-state index is -0.271. The molecule has 25 heavy (non-hydrogen) atoms. The van der Waals surface area contributed by atoms with Crippen LogP contribution >= 0.6 is 0 Å². The molecular formula is C19H22FN3O2. The maximum atomic E-state index is 12.8. The molecule has 2 aromatic rings. The SMILES string of the molecule is CN(C)C(=O)c1cccc(NCC(=O)NCCc2ccc(F)cc2)c1. The van der Waals surface area contributed by atoms with Gasteiger partial charge in [-0.1, -0.05) is 18.2 Å². The largest absolute Gasteiger partial charge is 0.376 e. The number of rotatable bonds is 7. The van der Waals surface area contributed by atoms with Gasteiger partial charge in [-0.25, -0.2) is 4.39 Å². The summed E-state index contributed by atoms with van der Waals surface area (Å²) in [7, 11) is 3.38.